The van der Waals surface area contributed by atoms with E-state index in [1.165, 1.54) is 117 Å². The number of fused-ring (bicyclic) bond motifs is 18. The van der Waals surface area contributed by atoms with E-state index in [2.05, 4.69) is 193 Å². The van der Waals surface area contributed by atoms with Crippen LogP contribution in [0.5, 0.6) is 0 Å². The molecule has 0 amide bonds. The molecule has 0 saturated carbocycles. The molecule has 0 aliphatic heterocycles. The van der Waals surface area contributed by atoms with E-state index >= 15 is 0 Å². The highest BCUT2D eigenvalue weighted by atomic mass is 15.1. The van der Waals surface area contributed by atoms with E-state index in [4.69, 9.17) is 0 Å². The molecule has 0 radical (unpaired) electrons. The zero-order valence-corrected chi connectivity index (χ0v) is 31.5. The predicted octanol–water partition coefficient (Wildman–Crippen LogP) is 13.7. The van der Waals surface area contributed by atoms with Gasteiger partial charge in [-0.1, -0.05) is 164 Å². The molecule has 0 N–H and O–H groups in total. The van der Waals surface area contributed by atoms with Crippen LogP contribution >= 0.6 is 0 Å². The summed E-state index contributed by atoms with van der Waals surface area (Å²) in [6.45, 7) is 0.732. The predicted molar refractivity (Wildman–Crippen MR) is 235 cm³/mol. The van der Waals surface area contributed by atoms with Crippen molar-refractivity contribution >= 4 is 22.1 Å². The quantitative estimate of drug-likeness (QED) is 0.175. The van der Waals surface area contributed by atoms with Crippen LogP contribution < -0.4 is 4.90 Å². The van der Waals surface area contributed by atoms with Gasteiger partial charge >= 0.3 is 0 Å². The van der Waals surface area contributed by atoms with Crippen LogP contribution in [-0.4, -0.2) is 0 Å². The number of hydrogen-bond acceptors (Lipinski definition) is 1. The topological polar surface area (TPSA) is 3.24 Å². The van der Waals surface area contributed by atoms with Crippen molar-refractivity contribution in [3.05, 3.63) is 238 Å². The normalized spacial score (nSPS) is 15.7. The van der Waals surface area contributed by atoms with E-state index < -0.39 is 5.41 Å². The van der Waals surface area contributed by atoms with Crippen molar-refractivity contribution in [2.45, 2.75) is 24.8 Å². The Morgan fingerprint density at radius 2 is 0.982 bits per heavy atom. The number of benzene rings is 9. The van der Waals surface area contributed by atoms with E-state index in [0.29, 0.717) is 0 Å². The number of nitrogens with zero attached hydrogens (tertiary/aromatic N) is 1. The standard InChI is InChI=1S/C56H37N/c1-6-18-46-35(12-1)25-29-53-54(46)49-20-8-10-23-52(49)56(53)51-22-9-7-19-47(51)48-21-11-15-39(55(48)56)34-57(41-27-28-45-40(32-41)31-37-14-2-4-16-43(37)45)42-26-24-38-30-36-13-3-5-17-44(36)50(38)33-42/h1-29,32-33H,30-31,34H2. The molecule has 1 spiro atoms. The molecule has 4 aliphatic carbocycles. The van der Waals surface area contributed by atoms with Crippen LogP contribution in [0, 0.1) is 0 Å². The molecule has 0 aromatic heterocycles. The molecule has 266 valence electrons. The lowest BCUT2D eigenvalue weighted by atomic mass is 9.69. The first-order valence-electron chi connectivity index (χ1n) is 20.3. The fourth-order valence-corrected chi connectivity index (χ4v) is 11.3. The molecular weight excluding hydrogens is 687 g/mol. The monoisotopic (exact) mass is 723 g/mol. The van der Waals surface area contributed by atoms with Gasteiger partial charge in [0.25, 0.3) is 0 Å². The summed E-state index contributed by atoms with van der Waals surface area (Å²) in [5.74, 6) is 0. The molecule has 9 aromatic carbocycles. The second-order valence-electron chi connectivity index (χ2n) is 16.3. The maximum Gasteiger partial charge on any atom is 0.0729 e. The van der Waals surface area contributed by atoms with Gasteiger partial charge in [0, 0.05) is 17.9 Å². The summed E-state index contributed by atoms with van der Waals surface area (Å²) < 4.78 is 0. The van der Waals surface area contributed by atoms with Crippen molar-refractivity contribution in [2.24, 2.45) is 0 Å². The first-order chi connectivity index (χ1) is 28.3. The largest absolute Gasteiger partial charge is 0.337 e. The van der Waals surface area contributed by atoms with Gasteiger partial charge in [-0.2, -0.15) is 0 Å². The van der Waals surface area contributed by atoms with E-state index in [9.17, 15) is 0 Å². The van der Waals surface area contributed by atoms with Crippen molar-refractivity contribution in [2.75, 3.05) is 4.90 Å². The summed E-state index contributed by atoms with van der Waals surface area (Å²) in [5, 5.41) is 2.60. The molecule has 57 heavy (non-hydrogen) atoms. The zero-order chi connectivity index (χ0) is 37.2. The summed E-state index contributed by atoms with van der Waals surface area (Å²) >= 11 is 0. The van der Waals surface area contributed by atoms with Gasteiger partial charge in [0.05, 0.1) is 5.41 Å². The van der Waals surface area contributed by atoms with Crippen LogP contribution in [0.3, 0.4) is 0 Å². The Morgan fingerprint density at radius 1 is 0.386 bits per heavy atom. The average molecular weight is 724 g/mol. The van der Waals surface area contributed by atoms with Crippen LogP contribution in [0.2, 0.25) is 0 Å². The van der Waals surface area contributed by atoms with Crippen molar-refractivity contribution < 1.29 is 0 Å². The van der Waals surface area contributed by atoms with Crippen LogP contribution in [0.1, 0.15) is 50.1 Å². The molecule has 13 rings (SSSR count). The Bertz CT molecular complexity index is 3180. The number of hydrogen-bond donors (Lipinski definition) is 0. The Hall–Kier alpha value is -6.96. The van der Waals surface area contributed by atoms with Gasteiger partial charge in [-0.05, 0) is 142 Å². The molecule has 1 unspecified atom stereocenters. The van der Waals surface area contributed by atoms with E-state index in [1.807, 2.05) is 0 Å². The van der Waals surface area contributed by atoms with Crippen molar-refractivity contribution in [3.8, 4) is 44.5 Å². The average Bonchev–Trinajstić information content (AvgIpc) is 4.00. The third-order valence-electron chi connectivity index (χ3n) is 13.6. The Kier molecular flexibility index (Phi) is 6.33. The molecule has 0 heterocycles. The van der Waals surface area contributed by atoms with E-state index in [0.717, 1.165) is 19.4 Å². The number of rotatable bonds is 4. The zero-order valence-electron chi connectivity index (χ0n) is 31.5. The molecule has 0 fully saturated rings. The Morgan fingerprint density at radius 3 is 1.82 bits per heavy atom. The van der Waals surface area contributed by atoms with Crippen LogP contribution in [0.15, 0.2) is 188 Å². The minimum atomic E-state index is -0.444. The smallest absolute Gasteiger partial charge is 0.0729 e. The summed E-state index contributed by atoms with van der Waals surface area (Å²) in [5.41, 5.74) is 25.4. The molecule has 1 atom stereocenters. The lowest BCUT2D eigenvalue weighted by Crippen LogP contribution is -2.29. The summed E-state index contributed by atoms with van der Waals surface area (Å²) in [4.78, 5) is 2.60. The summed E-state index contributed by atoms with van der Waals surface area (Å²) in [6.07, 6.45) is 1.95. The first kappa shape index (κ1) is 31.3. The van der Waals surface area contributed by atoms with E-state index in [-0.39, 0.29) is 0 Å². The Balaban J connectivity index is 1.05. The minimum Gasteiger partial charge on any atom is -0.337 e. The third kappa shape index (κ3) is 4.18. The van der Waals surface area contributed by atoms with Gasteiger partial charge in [-0.3, -0.25) is 0 Å². The van der Waals surface area contributed by atoms with Crippen LogP contribution in [-0.2, 0) is 24.8 Å². The first-order valence-corrected chi connectivity index (χ1v) is 20.3. The van der Waals surface area contributed by atoms with Crippen LogP contribution in [0.25, 0.3) is 55.3 Å². The van der Waals surface area contributed by atoms with Crippen molar-refractivity contribution in [1.82, 2.24) is 0 Å². The highest BCUT2D eigenvalue weighted by Gasteiger charge is 2.53. The highest BCUT2D eigenvalue weighted by Crippen LogP contribution is 2.64. The van der Waals surface area contributed by atoms with Gasteiger partial charge in [0.1, 0.15) is 0 Å². The van der Waals surface area contributed by atoms with Crippen molar-refractivity contribution in [3.63, 3.8) is 0 Å². The minimum absolute atomic E-state index is 0.444. The van der Waals surface area contributed by atoms with Crippen LogP contribution in [0.4, 0.5) is 11.4 Å². The van der Waals surface area contributed by atoms with Gasteiger partial charge in [0.2, 0.25) is 0 Å². The third-order valence-corrected chi connectivity index (χ3v) is 13.6. The lowest BCUT2D eigenvalue weighted by molar-refractivity contribution is 0.773. The SMILES string of the molecule is c1ccc2c(c1)Cc1cc(N(Cc3cccc4c3C3(c5ccccc5-4)c4ccccc4-c4c3ccc3ccccc43)c3ccc4c(c3)-c3ccccc3C4)ccc1-2. The molecule has 4 aliphatic rings. The second-order valence-corrected chi connectivity index (χ2v) is 16.3. The molecule has 1 nitrogen and oxygen atoms in total. The molecule has 1 heteroatoms. The second kappa shape index (κ2) is 11.5. The van der Waals surface area contributed by atoms with Gasteiger partial charge in [-0.15, -0.1) is 0 Å². The van der Waals surface area contributed by atoms with Gasteiger partial charge in [0.15, 0.2) is 0 Å². The maximum absolute atomic E-state index is 2.60. The number of anilines is 2. The lowest BCUT2D eigenvalue weighted by Gasteiger charge is -2.34. The Labute approximate surface area is 333 Å². The summed E-state index contributed by atoms with van der Waals surface area (Å²) in [7, 11) is 0. The molecular formula is C56H37N. The van der Waals surface area contributed by atoms with Gasteiger partial charge in [-0.25, -0.2) is 0 Å². The van der Waals surface area contributed by atoms with Crippen molar-refractivity contribution in [1.29, 1.82) is 0 Å². The maximum atomic E-state index is 2.60. The van der Waals surface area contributed by atoms with E-state index in [1.54, 1.807) is 0 Å². The highest BCUT2D eigenvalue weighted by molar-refractivity contribution is 6.06. The fourth-order valence-electron chi connectivity index (χ4n) is 11.3. The molecule has 9 aromatic rings. The molecule has 0 saturated heterocycles. The summed E-state index contributed by atoms with van der Waals surface area (Å²) in [6, 6.07) is 71.5. The molecule has 0 bridgehead atoms. The van der Waals surface area contributed by atoms with Gasteiger partial charge < -0.3 is 4.90 Å². The fraction of sp³-hybridized carbons (Fsp3) is 0.0714.